The smallest absolute Gasteiger partial charge is 0.0510 e. The SMILES string of the molecule is CCCCSCC(NC)C1CCOC1. The first-order chi connectivity index (χ1) is 6.88. The van der Waals surface area contributed by atoms with Crippen molar-refractivity contribution < 1.29 is 4.74 Å². The molecule has 1 rings (SSSR count). The van der Waals surface area contributed by atoms with Gasteiger partial charge in [0, 0.05) is 24.3 Å². The van der Waals surface area contributed by atoms with Gasteiger partial charge in [0.2, 0.25) is 0 Å². The summed E-state index contributed by atoms with van der Waals surface area (Å²) in [6.45, 7) is 4.17. The van der Waals surface area contributed by atoms with Crippen LogP contribution in [0.3, 0.4) is 0 Å². The molecular formula is C11H23NOS. The summed E-state index contributed by atoms with van der Waals surface area (Å²) in [6.07, 6.45) is 3.89. The number of ether oxygens (including phenoxy) is 1. The maximum atomic E-state index is 5.42. The fraction of sp³-hybridized carbons (Fsp3) is 1.00. The molecule has 2 nitrogen and oxygen atoms in total. The van der Waals surface area contributed by atoms with E-state index in [1.165, 1.54) is 30.8 Å². The van der Waals surface area contributed by atoms with Gasteiger partial charge in [0.25, 0.3) is 0 Å². The highest BCUT2D eigenvalue weighted by atomic mass is 32.2. The average Bonchev–Trinajstić information content (AvgIpc) is 2.71. The standard InChI is InChI=1S/C11H23NOS/c1-3-4-7-14-9-11(12-2)10-5-6-13-8-10/h10-12H,3-9H2,1-2H3. The van der Waals surface area contributed by atoms with Crippen LogP contribution in [0.4, 0.5) is 0 Å². The Morgan fingerprint density at radius 1 is 1.57 bits per heavy atom. The minimum absolute atomic E-state index is 0.652. The van der Waals surface area contributed by atoms with Crippen molar-refractivity contribution in [3.8, 4) is 0 Å². The quantitative estimate of drug-likeness (QED) is 0.660. The van der Waals surface area contributed by atoms with Crippen molar-refractivity contribution in [2.75, 3.05) is 31.8 Å². The Labute approximate surface area is 92.2 Å². The molecule has 1 heterocycles. The molecule has 0 amide bonds. The molecule has 14 heavy (non-hydrogen) atoms. The van der Waals surface area contributed by atoms with E-state index >= 15 is 0 Å². The van der Waals surface area contributed by atoms with Gasteiger partial charge in [0.1, 0.15) is 0 Å². The zero-order valence-corrected chi connectivity index (χ0v) is 10.2. The summed E-state index contributed by atoms with van der Waals surface area (Å²) in [6, 6.07) is 0.652. The zero-order chi connectivity index (χ0) is 10.2. The minimum atomic E-state index is 0.652. The van der Waals surface area contributed by atoms with E-state index in [9.17, 15) is 0 Å². The van der Waals surface area contributed by atoms with Crippen molar-refractivity contribution in [2.45, 2.75) is 32.2 Å². The Morgan fingerprint density at radius 3 is 3.00 bits per heavy atom. The molecule has 0 aromatic heterocycles. The van der Waals surface area contributed by atoms with Crippen LogP contribution in [0.5, 0.6) is 0 Å². The van der Waals surface area contributed by atoms with Crippen LogP contribution in [0.25, 0.3) is 0 Å². The van der Waals surface area contributed by atoms with E-state index in [-0.39, 0.29) is 0 Å². The van der Waals surface area contributed by atoms with Gasteiger partial charge >= 0.3 is 0 Å². The summed E-state index contributed by atoms with van der Waals surface area (Å²) in [5.41, 5.74) is 0. The molecule has 0 radical (unpaired) electrons. The van der Waals surface area contributed by atoms with Crippen LogP contribution in [-0.4, -0.2) is 37.8 Å². The molecule has 0 aromatic rings. The first kappa shape index (κ1) is 12.3. The van der Waals surface area contributed by atoms with Crippen LogP contribution in [0.15, 0.2) is 0 Å². The minimum Gasteiger partial charge on any atom is -0.381 e. The molecular weight excluding hydrogens is 194 g/mol. The summed E-state index contributed by atoms with van der Waals surface area (Å²) in [5.74, 6) is 3.29. The maximum Gasteiger partial charge on any atom is 0.0510 e. The van der Waals surface area contributed by atoms with Gasteiger partial charge in [-0.2, -0.15) is 11.8 Å². The van der Waals surface area contributed by atoms with Crippen molar-refractivity contribution >= 4 is 11.8 Å². The molecule has 1 N–H and O–H groups in total. The van der Waals surface area contributed by atoms with E-state index in [1.54, 1.807) is 0 Å². The van der Waals surface area contributed by atoms with Crippen LogP contribution in [0.1, 0.15) is 26.2 Å². The van der Waals surface area contributed by atoms with Crippen LogP contribution in [0, 0.1) is 5.92 Å². The highest BCUT2D eigenvalue weighted by molar-refractivity contribution is 7.99. The third kappa shape index (κ3) is 4.20. The fourth-order valence-electron chi connectivity index (χ4n) is 1.78. The molecule has 1 aliphatic heterocycles. The van der Waals surface area contributed by atoms with Gasteiger partial charge in [-0.25, -0.2) is 0 Å². The zero-order valence-electron chi connectivity index (χ0n) is 9.42. The molecule has 1 aliphatic rings. The Kier molecular flexibility index (Phi) is 6.65. The van der Waals surface area contributed by atoms with Gasteiger partial charge < -0.3 is 10.1 Å². The fourth-order valence-corrected chi connectivity index (χ4v) is 3.13. The van der Waals surface area contributed by atoms with Gasteiger partial charge in [-0.3, -0.25) is 0 Å². The number of rotatable bonds is 7. The Hall–Kier alpha value is 0.270. The lowest BCUT2D eigenvalue weighted by atomic mass is 10.0. The molecule has 1 fully saturated rings. The lowest BCUT2D eigenvalue weighted by Crippen LogP contribution is -2.36. The van der Waals surface area contributed by atoms with Gasteiger partial charge in [0.05, 0.1) is 6.61 Å². The number of hydrogen-bond acceptors (Lipinski definition) is 3. The molecule has 2 atom stereocenters. The normalized spacial score (nSPS) is 24.0. The summed E-state index contributed by atoms with van der Waals surface area (Å²) in [5, 5.41) is 3.42. The van der Waals surface area contributed by atoms with Crippen LogP contribution < -0.4 is 5.32 Å². The molecule has 84 valence electrons. The second-order valence-electron chi connectivity index (χ2n) is 3.95. The third-order valence-electron chi connectivity index (χ3n) is 2.84. The van der Waals surface area contributed by atoms with Crippen molar-refractivity contribution in [1.29, 1.82) is 0 Å². The number of thioether (sulfide) groups is 1. The number of nitrogens with one attached hydrogen (secondary N) is 1. The number of hydrogen-bond donors (Lipinski definition) is 1. The van der Waals surface area contributed by atoms with Crippen molar-refractivity contribution in [3.63, 3.8) is 0 Å². The Bertz CT molecular complexity index is 137. The van der Waals surface area contributed by atoms with Crippen LogP contribution in [0.2, 0.25) is 0 Å². The first-order valence-corrected chi connectivity index (χ1v) is 6.86. The van der Waals surface area contributed by atoms with Crippen molar-refractivity contribution in [3.05, 3.63) is 0 Å². The molecule has 0 saturated carbocycles. The molecule has 3 heteroatoms. The van der Waals surface area contributed by atoms with E-state index in [4.69, 9.17) is 4.74 Å². The molecule has 0 aliphatic carbocycles. The van der Waals surface area contributed by atoms with Crippen LogP contribution >= 0.6 is 11.8 Å². The molecule has 0 aromatic carbocycles. The summed E-state index contributed by atoms with van der Waals surface area (Å²) in [7, 11) is 2.07. The monoisotopic (exact) mass is 217 g/mol. The van der Waals surface area contributed by atoms with E-state index in [1.807, 2.05) is 0 Å². The highest BCUT2D eigenvalue weighted by Crippen LogP contribution is 2.20. The first-order valence-electron chi connectivity index (χ1n) is 5.71. The number of unbranched alkanes of at least 4 members (excludes halogenated alkanes) is 1. The lowest BCUT2D eigenvalue weighted by molar-refractivity contribution is 0.180. The van der Waals surface area contributed by atoms with Gasteiger partial charge in [-0.05, 0) is 25.6 Å². The van der Waals surface area contributed by atoms with E-state index in [0.717, 1.165) is 19.1 Å². The van der Waals surface area contributed by atoms with E-state index in [0.29, 0.717) is 6.04 Å². The average molecular weight is 217 g/mol. The van der Waals surface area contributed by atoms with Crippen LogP contribution in [-0.2, 0) is 4.74 Å². The highest BCUT2D eigenvalue weighted by Gasteiger charge is 2.23. The predicted molar refractivity (Wildman–Crippen MR) is 64.0 cm³/mol. The van der Waals surface area contributed by atoms with E-state index < -0.39 is 0 Å². The second kappa shape index (κ2) is 7.55. The van der Waals surface area contributed by atoms with Gasteiger partial charge in [-0.15, -0.1) is 0 Å². The predicted octanol–water partition coefficient (Wildman–Crippen LogP) is 2.14. The lowest BCUT2D eigenvalue weighted by Gasteiger charge is -2.21. The van der Waals surface area contributed by atoms with E-state index in [2.05, 4.69) is 31.1 Å². The topological polar surface area (TPSA) is 21.3 Å². The third-order valence-corrected chi connectivity index (χ3v) is 4.02. The molecule has 0 bridgehead atoms. The summed E-state index contributed by atoms with van der Waals surface area (Å²) >= 11 is 2.08. The molecule has 1 saturated heterocycles. The van der Waals surface area contributed by atoms with Gasteiger partial charge in [0.15, 0.2) is 0 Å². The second-order valence-corrected chi connectivity index (χ2v) is 5.10. The molecule has 0 spiro atoms. The Morgan fingerprint density at radius 2 is 2.43 bits per heavy atom. The largest absolute Gasteiger partial charge is 0.381 e. The maximum absolute atomic E-state index is 5.42. The molecule has 2 unspecified atom stereocenters. The van der Waals surface area contributed by atoms with Crippen molar-refractivity contribution in [1.82, 2.24) is 5.32 Å². The summed E-state index contributed by atoms with van der Waals surface area (Å²) in [4.78, 5) is 0. The summed E-state index contributed by atoms with van der Waals surface area (Å²) < 4.78 is 5.42. The Balaban J connectivity index is 2.11. The van der Waals surface area contributed by atoms with Gasteiger partial charge in [-0.1, -0.05) is 13.3 Å². The van der Waals surface area contributed by atoms with Crippen molar-refractivity contribution in [2.24, 2.45) is 5.92 Å².